The van der Waals surface area contributed by atoms with E-state index >= 15 is 0 Å². The average molecular weight is 372 g/mol. The molecule has 2 aromatic carbocycles. The number of aromatic nitrogens is 1. The third-order valence-electron chi connectivity index (χ3n) is 3.53. The van der Waals surface area contributed by atoms with Crippen molar-refractivity contribution >= 4 is 40.6 Å². The Morgan fingerprint density at radius 2 is 1.76 bits per heavy atom. The first-order chi connectivity index (χ1) is 12.1. The van der Waals surface area contributed by atoms with Crippen LogP contribution < -0.4 is 10.6 Å². The predicted octanol–water partition coefficient (Wildman–Crippen LogP) is 5.25. The zero-order valence-corrected chi connectivity index (χ0v) is 14.7. The van der Waals surface area contributed by atoms with Crippen LogP contribution in [0.2, 0.25) is 10.0 Å². The fourth-order valence-corrected chi connectivity index (χ4v) is 2.58. The van der Waals surface area contributed by atoms with Crippen molar-refractivity contribution < 1.29 is 4.79 Å². The van der Waals surface area contributed by atoms with Crippen molar-refractivity contribution in [3.8, 4) is 0 Å². The number of amides is 1. The van der Waals surface area contributed by atoms with E-state index in [1.54, 1.807) is 36.5 Å². The summed E-state index contributed by atoms with van der Waals surface area (Å²) in [5, 5.41) is 6.82. The molecule has 4 nitrogen and oxygen atoms in total. The van der Waals surface area contributed by atoms with Crippen LogP contribution in [0.25, 0.3) is 0 Å². The third kappa shape index (κ3) is 4.50. The molecule has 25 heavy (non-hydrogen) atoms. The molecule has 0 aliphatic carbocycles. The second-order valence-corrected chi connectivity index (χ2v) is 6.14. The highest BCUT2D eigenvalue weighted by molar-refractivity contribution is 6.42. The molecule has 126 valence electrons. The smallest absolute Gasteiger partial charge is 0.259 e. The zero-order chi connectivity index (χ0) is 17.6. The lowest BCUT2D eigenvalue weighted by atomic mass is 10.2. The number of anilines is 2. The Bertz CT molecular complexity index is 885. The molecular formula is C19H15Cl2N3O. The summed E-state index contributed by atoms with van der Waals surface area (Å²) in [6.07, 6.45) is 1.64. The molecule has 0 spiro atoms. The van der Waals surface area contributed by atoms with E-state index in [9.17, 15) is 4.79 Å². The largest absolute Gasteiger partial charge is 0.365 e. The van der Waals surface area contributed by atoms with Crippen LogP contribution in [-0.2, 0) is 6.54 Å². The van der Waals surface area contributed by atoms with Gasteiger partial charge in [-0.1, -0.05) is 53.5 Å². The Morgan fingerprint density at radius 3 is 2.52 bits per heavy atom. The molecule has 0 aliphatic rings. The lowest BCUT2D eigenvalue weighted by molar-refractivity contribution is 0.102. The maximum absolute atomic E-state index is 12.6. The van der Waals surface area contributed by atoms with Gasteiger partial charge < -0.3 is 10.6 Å². The van der Waals surface area contributed by atoms with Crippen LogP contribution in [0.4, 0.5) is 11.5 Å². The van der Waals surface area contributed by atoms with Gasteiger partial charge in [0.2, 0.25) is 0 Å². The highest BCUT2D eigenvalue weighted by atomic mass is 35.5. The highest BCUT2D eigenvalue weighted by Crippen LogP contribution is 2.25. The second-order valence-electron chi connectivity index (χ2n) is 5.32. The minimum Gasteiger partial charge on any atom is -0.365 e. The van der Waals surface area contributed by atoms with E-state index in [1.165, 1.54) is 0 Å². The van der Waals surface area contributed by atoms with E-state index in [-0.39, 0.29) is 5.91 Å². The molecule has 6 heteroatoms. The van der Waals surface area contributed by atoms with Crippen molar-refractivity contribution in [1.29, 1.82) is 0 Å². The maximum Gasteiger partial charge on any atom is 0.259 e. The Balaban J connectivity index is 1.75. The number of benzene rings is 2. The number of nitrogens with zero attached hydrogens (tertiary/aromatic N) is 1. The van der Waals surface area contributed by atoms with Gasteiger partial charge in [0, 0.05) is 18.4 Å². The van der Waals surface area contributed by atoms with Crippen molar-refractivity contribution in [2.45, 2.75) is 6.54 Å². The van der Waals surface area contributed by atoms with Crippen molar-refractivity contribution in [3.05, 3.63) is 88.0 Å². The molecule has 0 unspecified atom stereocenters. The fourth-order valence-electron chi connectivity index (χ4n) is 2.28. The number of carbonyl (C=O) groups excluding carboxylic acids is 1. The molecule has 1 heterocycles. The van der Waals surface area contributed by atoms with E-state index in [0.717, 1.165) is 5.56 Å². The molecule has 0 atom stereocenters. The molecule has 0 bridgehead atoms. The molecule has 0 fully saturated rings. The molecule has 0 saturated carbocycles. The number of hydrogen-bond acceptors (Lipinski definition) is 3. The quantitative estimate of drug-likeness (QED) is 0.643. The van der Waals surface area contributed by atoms with Gasteiger partial charge in [0.05, 0.1) is 15.6 Å². The first kappa shape index (κ1) is 17.3. The van der Waals surface area contributed by atoms with Crippen LogP contribution in [-0.4, -0.2) is 10.9 Å². The molecule has 3 rings (SSSR count). The van der Waals surface area contributed by atoms with Crippen LogP contribution >= 0.6 is 23.2 Å². The van der Waals surface area contributed by atoms with E-state index in [1.807, 2.05) is 30.3 Å². The zero-order valence-electron chi connectivity index (χ0n) is 13.2. The van der Waals surface area contributed by atoms with Gasteiger partial charge in [-0.05, 0) is 35.9 Å². The number of nitrogens with one attached hydrogen (secondary N) is 2. The lowest BCUT2D eigenvalue weighted by Crippen LogP contribution is -2.15. The average Bonchev–Trinajstić information content (AvgIpc) is 2.64. The van der Waals surface area contributed by atoms with Crippen molar-refractivity contribution in [3.63, 3.8) is 0 Å². The predicted molar refractivity (Wildman–Crippen MR) is 102 cm³/mol. The molecule has 2 N–H and O–H groups in total. The number of hydrogen-bond donors (Lipinski definition) is 2. The number of pyridine rings is 1. The van der Waals surface area contributed by atoms with Gasteiger partial charge in [0.25, 0.3) is 5.91 Å². The van der Waals surface area contributed by atoms with Gasteiger partial charge in [-0.15, -0.1) is 0 Å². The third-order valence-corrected chi connectivity index (χ3v) is 4.27. The molecule has 3 aromatic rings. The van der Waals surface area contributed by atoms with Crippen molar-refractivity contribution in [2.75, 3.05) is 10.6 Å². The fraction of sp³-hybridized carbons (Fsp3) is 0.0526. The Morgan fingerprint density at radius 1 is 0.960 bits per heavy atom. The molecule has 0 saturated heterocycles. The van der Waals surface area contributed by atoms with Gasteiger partial charge in [0.15, 0.2) is 0 Å². The summed E-state index contributed by atoms with van der Waals surface area (Å²) in [4.78, 5) is 16.8. The van der Waals surface area contributed by atoms with Gasteiger partial charge in [0.1, 0.15) is 5.82 Å². The standard InChI is InChI=1S/C19H15Cl2N3O/c20-16-9-8-14(11-17(16)21)24-19(25)15-7-4-10-22-18(15)23-12-13-5-2-1-3-6-13/h1-11H,12H2,(H,22,23)(H,24,25). The topological polar surface area (TPSA) is 54.0 Å². The summed E-state index contributed by atoms with van der Waals surface area (Å²) in [7, 11) is 0. The molecule has 1 aromatic heterocycles. The second kappa shape index (κ2) is 8.01. The summed E-state index contributed by atoms with van der Waals surface area (Å²) in [5.74, 6) is 0.242. The first-order valence-corrected chi connectivity index (χ1v) is 8.38. The van der Waals surface area contributed by atoms with E-state index in [4.69, 9.17) is 23.2 Å². The van der Waals surface area contributed by atoms with Crippen molar-refractivity contribution in [1.82, 2.24) is 4.98 Å². The van der Waals surface area contributed by atoms with Gasteiger partial charge in [-0.2, -0.15) is 0 Å². The van der Waals surface area contributed by atoms with Gasteiger partial charge >= 0.3 is 0 Å². The number of rotatable bonds is 5. The Labute approximate surface area is 155 Å². The van der Waals surface area contributed by atoms with Crippen LogP contribution in [0.1, 0.15) is 15.9 Å². The summed E-state index contributed by atoms with van der Waals surface area (Å²) in [5.41, 5.74) is 2.12. The summed E-state index contributed by atoms with van der Waals surface area (Å²) >= 11 is 11.9. The number of carbonyl (C=O) groups is 1. The SMILES string of the molecule is O=C(Nc1ccc(Cl)c(Cl)c1)c1cccnc1NCc1ccccc1. The molecule has 1 amide bonds. The molecular weight excluding hydrogens is 357 g/mol. The van der Waals surface area contributed by atoms with Gasteiger partial charge in [-0.25, -0.2) is 4.98 Å². The summed E-state index contributed by atoms with van der Waals surface area (Å²) in [6.45, 7) is 0.574. The van der Waals surface area contributed by atoms with E-state index in [0.29, 0.717) is 33.7 Å². The van der Waals surface area contributed by atoms with Crippen LogP contribution in [0.5, 0.6) is 0 Å². The molecule has 0 aliphatic heterocycles. The van der Waals surface area contributed by atoms with Gasteiger partial charge in [-0.3, -0.25) is 4.79 Å². The lowest BCUT2D eigenvalue weighted by Gasteiger charge is -2.11. The van der Waals surface area contributed by atoms with Crippen LogP contribution in [0, 0.1) is 0 Å². The minimum atomic E-state index is -0.276. The van der Waals surface area contributed by atoms with E-state index in [2.05, 4.69) is 15.6 Å². The van der Waals surface area contributed by atoms with Crippen LogP contribution in [0.3, 0.4) is 0 Å². The monoisotopic (exact) mass is 371 g/mol. The normalized spacial score (nSPS) is 10.3. The highest BCUT2D eigenvalue weighted by Gasteiger charge is 2.13. The Hall–Kier alpha value is -2.56. The van der Waals surface area contributed by atoms with Crippen molar-refractivity contribution in [2.24, 2.45) is 0 Å². The first-order valence-electron chi connectivity index (χ1n) is 7.63. The van der Waals surface area contributed by atoms with Crippen LogP contribution in [0.15, 0.2) is 66.9 Å². The number of halogens is 2. The molecule has 0 radical (unpaired) electrons. The summed E-state index contributed by atoms with van der Waals surface area (Å²) in [6, 6.07) is 18.3. The summed E-state index contributed by atoms with van der Waals surface area (Å²) < 4.78 is 0. The Kier molecular flexibility index (Phi) is 5.53. The maximum atomic E-state index is 12.6. The van der Waals surface area contributed by atoms with E-state index < -0.39 is 0 Å². The minimum absolute atomic E-state index is 0.276.